The predicted molar refractivity (Wildman–Crippen MR) is 62.3 cm³/mol. The van der Waals surface area contributed by atoms with Crippen molar-refractivity contribution in [3.05, 3.63) is 33.9 Å². The van der Waals surface area contributed by atoms with Crippen LogP contribution >= 0.6 is 12.6 Å². The Morgan fingerprint density at radius 1 is 1.50 bits per heavy atom. The second kappa shape index (κ2) is 5.15. The van der Waals surface area contributed by atoms with E-state index >= 15 is 0 Å². The Labute approximate surface area is 97.3 Å². The maximum atomic E-state index is 10.6. The van der Waals surface area contributed by atoms with Gasteiger partial charge in [-0.15, -0.1) is 0 Å². The van der Waals surface area contributed by atoms with E-state index in [1.807, 2.05) is 0 Å². The normalized spacial score (nSPS) is 14.4. The summed E-state index contributed by atoms with van der Waals surface area (Å²) in [4.78, 5) is 9.96. The zero-order valence-corrected chi connectivity index (χ0v) is 9.17. The number of hydrogen-bond donors (Lipinski definition) is 4. The van der Waals surface area contributed by atoms with Crippen LogP contribution in [0.15, 0.2) is 18.2 Å². The van der Waals surface area contributed by atoms with Gasteiger partial charge in [0.15, 0.2) is 0 Å². The van der Waals surface area contributed by atoms with E-state index in [0.29, 0.717) is 0 Å². The average molecular weight is 244 g/mol. The molecule has 4 N–H and O–H groups in total. The highest BCUT2D eigenvalue weighted by Crippen LogP contribution is 2.27. The van der Waals surface area contributed by atoms with Crippen molar-refractivity contribution in [3.63, 3.8) is 0 Å². The van der Waals surface area contributed by atoms with Crippen molar-refractivity contribution in [2.75, 3.05) is 11.5 Å². The summed E-state index contributed by atoms with van der Waals surface area (Å²) in [6.45, 7) is 0. The molecule has 0 aliphatic heterocycles. The molecule has 7 heteroatoms. The Kier molecular flexibility index (Phi) is 4.11. The number of aliphatic hydroxyl groups excluding tert-OH is 2. The fourth-order valence-electron chi connectivity index (χ4n) is 1.22. The Morgan fingerprint density at radius 2 is 2.12 bits per heavy atom. The van der Waals surface area contributed by atoms with E-state index in [4.69, 9.17) is 5.73 Å². The van der Waals surface area contributed by atoms with Crippen LogP contribution in [0.4, 0.5) is 11.4 Å². The molecule has 0 spiro atoms. The molecule has 0 saturated carbocycles. The summed E-state index contributed by atoms with van der Waals surface area (Å²) in [7, 11) is 0. The molecule has 1 rings (SSSR count). The molecule has 0 saturated heterocycles. The van der Waals surface area contributed by atoms with E-state index in [2.05, 4.69) is 12.6 Å². The van der Waals surface area contributed by atoms with Crippen LogP contribution in [0.3, 0.4) is 0 Å². The van der Waals surface area contributed by atoms with E-state index in [0.717, 1.165) is 6.07 Å². The van der Waals surface area contributed by atoms with Crippen LogP contribution in [0.5, 0.6) is 0 Å². The van der Waals surface area contributed by atoms with E-state index in [1.165, 1.54) is 12.1 Å². The maximum absolute atomic E-state index is 10.6. The van der Waals surface area contributed by atoms with Crippen molar-refractivity contribution in [1.29, 1.82) is 0 Å². The van der Waals surface area contributed by atoms with Crippen LogP contribution in [-0.2, 0) is 0 Å². The van der Waals surface area contributed by atoms with Gasteiger partial charge in [-0.05, 0) is 11.6 Å². The van der Waals surface area contributed by atoms with Gasteiger partial charge in [0.25, 0.3) is 5.69 Å². The predicted octanol–water partition coefficient (Wildman–Crippen LogP) is 0.501. The number of aliphatic hydroxyl groups is 2. The van der Waals surface area contributed by atoms with Crippen LogP contribution in [0.1, 0.15) is 11.7 Å². The van der Waals surface area contributed by atoms with Crippen LogP contribution < -0.4 is 5.73 Å². The minimum Gasteiger partial charge on any atom is -0.393 e. The molecule has 0 radical (unpaired) electrons. The molecule has 0 fully saturated rings. The van der Waals surface area contributed by atoms with Gasteiger partial charge in [0.1, 0.15) is 11.8 Å². The minimum absolute atomic E-state index is 0.0151. The van der Waals surface area contributed by atoms with Crippen molar-refractivity contribution in [3.8, 4) is 0 Å². The largest absolute Gasteiger partial charge is 0.393 e. The molecule has 0 aromatic heterocycles. The number of nitrogens with zero attached hydrogens (tertiary/aromatic N) is 1. The first kappa shape index (κ1) is 12.8. The first-order valence-electron chi connectivity index (χ1n) is 4.48. The molecule has 16 heavy (non-hydrogen) atoms. The Bertz CT molecular complexity index is 399. The monoisotopic (exact) mass is 244 g/mol. The van der Waals surface area contributed by atoms with Crippen LogP contribution in [-0.4, -0.2) is 27.0 Å². The standard InChI is InChI=1S/C9H12N2O4S/c10-6-2-1-5(3-7(6)11(14)15)9(13)8(12)4-16/h1-3,8-9,12-13,16H,4,10H2. The van der Waals surface area contributed by atoms with Gasteiger partial charge in [-0.3, -0.25) is 10.1 Å². The van der Waals surface area contributed by atoms with E-state index in [-0.39, 0.29) is 22.7 Å². The molecule has 1 aromatic rings. The van der Waals surface area contributed by atoms with Gasteiger partial charge < -0.3 is 15.9 Å². The number of benzene rings is 1. The molecule has 1 aromatic carbocycles. The zero-order valence-electron chi connectivity index (χ0n) is 8.28. The Hall–Kier alpha value is -1.31. The molecular formula is C9H12N2O4S. The summed E-state index contributed by atoms with van der Waals surface area (Å²) in [5.41, 5.74) is 5.36. The third-order valence-corrected chi connectivity index (χ3v) is 2.52. The molecule has 0 heterocycles. The zero-order chi connectivity index (χ0) is 12.3. The van der Waals surface area contributed by atoms with Crippen molar-refractivity contribution in [2.24, 2.45) is 0 Å². The molecule has 0 aliphatic carbocycles. The lowest BCUT2D eigenvalue weighted by molar-refractivity contribution is -0.384. The van der Waals surface area contributed by atoms with Gasteiger partial charge in [-0.1, -0.05) is 6.07 Å². The summed E-state index contributed by atoms with van der Waals surface area (Å²) in [5, 5.41) is 29.6. The summed E-state index contributed by atoms with van der Waals surface area (Å²) in [6, 6.07) is 3.90. The second-order valence-electron chi connectivity index (χ2n) is 3.27. The Balaban J connectivity index is 3.07. The number of thiol groups is 1. The summed E-state index contributed by atoms with van der Waals surface area (Å²) in [6.07, 6.45) is -2.29. The van der Waals surface area contributed by atoms with Crippen molar-refractivity contribution < 1.29 is 15.1 Å². The third-order valence-electron chi connectivity index (χ3n) is 2.14. The molecule has 0 bridgehead atoms. The van der Waals surface area contributed by atoms with E-state index in [1.54, 1.807) is 0 Å². The molecule has 2 atom stereocenters. The quantitative estimate of drug-likeness (QED) is 0.267. The number of nitro benzene ring substituents is 1. The molecule has 0 amide bonds. The first-order chi connectivity index (χ1) is 7.47. The van der Waals surface area contributed by atoms with Gasteiger partial charge >= 0.3 is 0 Å². The first-order valence-corrected chi connectivity index (χ1v) is 5.11. The van der Waals surface area contributed by atoms with Gasteiger partial charge in [0.05, 0.1) is 11.0 Å². The molecule has 6 nitrogen and oxygen atoms in total. The Morgan fingerprint density at radius 3 is 2.62 bits per heavy atom. The summed E-state index contributed by atoms with van der Waals surface area (Å²) >= 11 is 3.82. The number of rotatable bonds is 4. The average Bonchev–Trinajstić information content (AvgIpc) is 2.27. The number of nitrogens with two attached hydrogens (primary N) is 1. The molecule has 2 unspecified atom stereocenters. The topological polar surface area (TPSA) is 110 Å². The molecule has 0 aliphatic rings. The summed E-state index contributed by atoms with van der Waals surface area (Å²) in [5.74, 6) is 0.0549. The van der Waals surface area contributed by atoms with Gasteiger partial charge in [0, 0.05) is 11.8 Å². The SMILES string of the molecule is Nc1ccc(C(O)C(O)CS)cc1[N+](=O)[O-]. The fraction of sp³-hybridized carbons (Fsp3) is 0.333. The highest BCUT2D eigenvalue weighted by atomic mass is 32.1. The van der Waals surface area contributed by atoms with Crippen molar-refractivity contribution in [1.82, 2.24) is 0 Å². The van der Waals surface area contributed by atoms with Crippen molar-refractivity contribution in [2.45, 2.75) is 12.2 Å². The highest BCUT2D eigenvalue weighted by molar-refractivity contribution is 7.80. The molecular weight excluding hydrogens is 232 g/mol. The fourth-order valence-corrected chi connectivity index (χ4v) is 1.42. The van der Waals surface area contributed by atoms with Gasteiger partial charge in [0.2, 0.25) is 0 Å². The number of nitrogen functional groups attached to an aromatic ring is 1. The van der Waals surface area contributed by atoms with Crippen LogP contribution in [0.2, 0.25) is 0 Å². The second-order valence-corrected chi connectivity index (χ2v) is 3.64. The highest BCUT2D eigenvalue weighted by Gasteiger charge is 2.20. The number of hydrogen-bond acceptors (Lipinski definition) is 6. The van der Waals surface area contributed by atoms with E-state index in [9.17, 15) is 20.3 Å². The van der Waals surface area contributed by atoms with Crippen molar-refractivity contribution >= 4 is 24.0 Å². The van der Waals surface area contributed by atoms with Crippen LogP contribution in [0.25, 0.3) is 0 Å². The van der Waals surface area contributed by atoms with E-state index < -0.39 is 17.1 Å². The maximum Gasteiger partial charge on any atom is 0.292 e. The summed E-state index contributed by atoms with van der Waals surface area (Å²) < 4.78 is 0. The molecule has 88 valence electrons. The smallest absolute Gasteiger partial charge is 0.292 e. The minimum atomic E-state index is -1.21. The lowest BCUT2D eigenvalue weighted by atomic mass is 10.0. The van der Waals surface area contributed by atoms with Crippen LogP contribution in [0, 0.1) is 10.1 Å². The third kappa shape index (κ3) is 2.63. The number of anilines is 1. The number of nitro groups is 1. The van der Waals surface area contributed by atoms with Gasteiger partial charge in [-0.25, -0.2) is 0 Å². The lowest BCUT2D eigenvalue weighted by Crippen LogP contribution is -2.19. The lowest BCUT2D eigenvalue weighted by Gasteiger charge is -2.16. The van der Waals surface area contributed by atoms with Gasteiger partial charge in [-0.2, -0.15) is 12.6 Å².